The predicted octanol–water partition coefficient (Wildman–Crippen LogP) is 0.624. The van der Waals surface area contributed by atoms with Gasteiger partial charge in [-0.3, -0.25) is 9.80 Å². The van der Waals surface area contributed by atoms with Crippen LogP contribution < -0.4 is 0 Å². The van der Waals surface area contributed by atoms with E-state index >= 15 is 0 Å². The zero-order valence-electron chi connectivity index (χ0n) is 12.7. The first-order valence-electron chi connectivity index (χ1n) is 7.74. The summed E-state index contributed by atoms with van der Waals surface area (Å²) in [4.78, 5) is 4.52. The molecule has 4 heterocycles. The largest absolute Gasteiger partial charge is 0.472 e. The number of aliphatic hydroxyl groups excluding tert-OH is 1. The van der Waals surface area contributed by atoms with Gasteiger partial charge >= 0.3 is 0 Å². The summed E-state index contributed by atoms with van der Waals surface area (Å²) >= 11 is 0. The number of β-amino-alcohol motifs (C(OH)–C–C–N with tert-alkyl or cyclic N) is 1. The number of nitrogens with zero attached hydrogens (tertiary/aromatic N) is 5. The molecule has 0 aliphatic carbocycles. The SMILES string of the molecule is CN1CCn2c(nnc2[C@@H]2C[C@H](O)CN2Cc2ccoc2)C1. The molecular weight excluding hydrogens is 282 g/mol. The molecular formula is C15H21N5O2. The minimum atomic E-state index is -0.309. The number of rotatable bonds is 3. The fraction of sp³-hybridized carbons (Fsp3) is 0.600. The Morgan fingerprint density at radius 3 is 3.09 bits per heavy atom. The molecule has 2 aromatic heterocycles. The van der Waals surface area contributed by atoms with Gasteiger partial charge in [0.1, 0.15) is 5.82 Å². The quantitative estimate of drug-likeness (QED) is 0.896. The Morgan fingerprint density at radius 2 is 2.27 bits per heavy atom. The molecule has 2 atom stereocenters. The molecule has 22 heavy (non-hydrogen) atoms. The number of hydrogen-bond donors (Lipinski definition) is 1. The van der Waals surface area contributed by atoms with E-state index in [1.165, 1.54) is 0 Å². The maximum absolute atomic E-state index is 10.1. The van der Waals surface area contributed by atoms with E-state index in [4.69, 9.17) is 4.42 Å². The third kappa shape index (κ3) is 2.45. The van der Waals surface area contributed by atoms with Gasteiger partial charge in [0.15, 0.2) is 5.82 Å². The molecule has 1 fully saturated rings. The van der Waals surface area contributed by atoms with E-state index in [9.17, 15) is 5.11 Å². The lowest BCUT2D eigenvalue weighted by atomic mass is 10.1. The average Bonchev–Trinajstić information content (AvgIpc) is 3.19. The zero-order chi connectivity index (χ0) is 15.1. The van der Waals surface area contributed by atoms with Crippen LogP contribution in [0.4, 0.5) is 0 Å². The Labute approximate surface area is 129 Å². The lowest BCUT2D eigenvalue weighted by Gasteiger charge is -2.27. The third-order valence-electron chi connectivity index (χ3n) is 4.62. The van der Waals surface area contributed by atoms with E-state index in [2.05, 4.69) is 31.6 Å². The van der Waals surface area contributed by atoms with Gasteiger partial charge in [-0.05, 0) is 19.5 Å². The summed E-state index contributed by atoms with van der Waals surface area (Å²) in [5.74, 6) is 2.01. The lowest BCUT2D eigenvalue weighted by Crippen LogP contribution is -2.33. The fourth-order valence-electron chi connectivity index (χ4n) is 3.49. The Bertz CT molecular complexity index is 638. The van der Waals surface area contributed by atoms with Crippen molar-refractivity contribution in [2.45, 2.75) is 38.2 Å². The molecule has 2 aromatic rings. The van der Waals surface area contributed by atoms with Crippen LogP contribution in [0.5, 0.6) is 0 Å². The van der Waals surface area contributed by atoms with Gasteiger partial charge in [0.2, 0.25) is 0 Å². The summed E-state index contributed by atoms with van der Waals surface area (Å²) in [5.41, 5.74) is 1.12. The molecule has 0 aromatic carbocycles. The Kier molecular flexibility index (Phi) is 3.48. The number of likely N-dealkylation sites (N-methyl/N-ethyl adjacent to an activating group) is 1. The number of aliphatic hydroxyl groups is 1. The van der Waals surface area contributed by atoms with Crippen LogP contribution in [-0.4, -0.2) is 55.9 Å². The molecule has 2 aliphatic heterocycles. The fourth-order valence-corrected chi connectivity index (χ4v) is 3.49. The molecule has 0 amide bonds. The Balaban J connectivity index is 1.60. The molecule has 0 unspecified atom stereocenters. The normalized spacial score (nSPS) is 26.5. The van der Waals surface area contributed by atoms with Crippen molar-refractivity contribution in [3.05, 3.63) is 35.8 Å². The van der Waals surface area contributed by atoms with Crippen molar-refractivity contribution >= 4 is 0 Å². The first kappa shape index (κ1) is 13.9. The van der Waals surface area contributed by atoms with Gasteiger partial charge in [0.05, 0.1) is 31.2 Å². The Hall–Kier alpha value is -1.70. The van der Waals surface area contributed by atoms with Gasteiger partial charge in [-0.15, -0.1) is 10.2 Å². The van der Waals surface area contributed by atoms with Crippen LogP contribution in [-0.2, 0) is 19.6 Å². The van der Waals surface area contributed by atoms with Crippen molar-refractivity contribution in [2.75, 3.05) is 20.1 Å². The number of hydrogen-bond acceptors (Lipinski definition) is 6. The molecule has 0 saturated carbocycles. The van der Waals surface area contributed by atoms with E-state index in [0.717, 1.165) is 43.4 Å². The van der Waals surface area contributed by atoms with Crippen LogP contribution >= 0.6 is 0 Å². The summed E-state index contributed by atoms with van der Waals surface area (Å²) in [5, 5.41) is 18.9. The van der Waals surface area contributed by atoms with E-state index in [-0.39, 0.29) is 12.1 Å². The smallest absolute Gasteiger partial charge is 0.150 e. The third-order valence-corrected chi connectivity index (χ3v) is 4.62. The summed E-state index contributed by atoms with van der Waals surface area (Å²) in [6.45, 7) is 4.19. The van der Waals surface area contributed by atoms with Crippen molar-refractivity contribution in [1.29, 1.82) is 0 Å². The van der Waals surface area contributed by atoms with Crippen LogP contribution in [0.25, 0.3) is 0 Å². The van der Waals surface area contributed by atoms with Gasteiger partial charge in [-0.2, -0.15) is 0 Å². The number of likely N-dealkylation sites (tertiary alicyclic amines) is 1. The maximum Gasteiger partial charge on any atom is 0.150 e. The molecule has 0 radical (unpaired) electrons. The lowest BCUT2D eigenvalue weighted by molar-refractivity contribution is 0.171. The number of furan rings is 1. The highest BCUT2D eigenvalue weighted by molar-refractivity contribution is 5.11. The Morgan fingerprint density at radius 1 is 1.36 bits per heavy atom. The van der Waals surface area contributed by atoms with Crippen LogP contribution in [0, 0.1) is 0 Å². The van der Waals surface area contributed by atoms with Gasteiger partial charge in [-0.1, -0.05) is 0 Å². The molecule has 7 heteroatoms. The molecule has 1 N–H and O–H groups in total. The van der Waals surface area contributed by atoms with E-state index in [0.29, 0.717) is 13.0 Å². The van der Waals surface area contributed by atoms with E-state index < -0.39 is 0 Å². The molecule has 1 saturated heterocycles. The molecule has 4 rings (SSSR count). The van der Waals surface area contributed by atoms with Crippen molar-refractivity contribution in [3.8, 4) is 0 Å². The molecule has 2 aliphatic rings. The zero-order valence-corrected chi connectivity index (χ0v) is 12.7. The van der Waals surface area contributed by atoms with Crippen LogP contribution in [0.2, 0.25) is 0 Å². The predicted molar refractivity (Wildman–Crippen MR) is 78.8 cm³/mol. The first-order valence-corrected chi connectivity index (χ1v) is 7.74. The molecule has 7 nitrogen and oxygen atoms in total. The topological polar surface area (TPSA) is 70.6 Å². The summed E-state index contributed by atoms with van der Waals surface area (Å²) in [7, 11) is 2.10. The standard InChI is InChI=1S/C15H21N5O2/c1-18-3-4-20-14(9-18)16-17-15(20)13-6-12(21)8-19(13)7-11-2-5-22-10-11/h2,5,10,12-13,21H,3-4,6-9H2,1H3/t12-,13-/m0/s1. The highest BCUT2D eigenvalue weighted by atomic mass is 16.3. The second-order valence-electron chi connectivity index (χ2n) is 6.33. The van der Waals surface area contributed by atoms with Crippen molar-refractivity contribution in [3.63, 3.8) is 0 Å². The van der Waals surface area contributed by atoms with Gasteiger partial charge in [0, 0.05) is 31.7 Å². The van der Waals surface area contributed by atoms with Crippen LogP contribution in [0.15, 0.2) is 23.0 Å². The summed E-state index contributed by atoms with van der Waals surface area (Å²) < 4.78 is 7.38. The van der Waals surface area contributed by atoms with Crippen LogP contribution in [0.1, 0.15) is 29.7 Å². The average molecular weight is 303 g/mol. The monoisotopic (exact) mass is 303 g/mol. The highest BCUT2D eigenvalue weighted by Gasteiger charge is 2.36. The second-order valence-corrected chi connectivity index (χ2v) is 6.33. The van der Waals surface area contributed by atoms with E-state index in [1.807, 2.05) is 6.07 Å². The first-order chi connectivity index (χ1) is 10.7. The number of aromatic nitrogens is 3. The molecule has 0 spiro atoms. The number of fused-ring (bicyclic) bond motifs is 1. The van der Waals surface area contributed by atoms with Crippen molar-refractivity contribution in [1.82, 2.24) is 24.6 Å². The van der Waals surface area contributed by atoms with Gasteiger partial charge < -0.3 is 14.1 Å². The van der Waals surface area contributed by atoms with Crippen LogP contribution in [0.3, 0.4) is 0 Å². The van der Waals surface area contributed by atoms with E-state index in [1.54, 1.807) is 12.5 Å². The minimum Gasteiger partial charge on any atom is -0.472 e. The molecule has 118 valence electrons. The summed E-state index contributed by atoms with van der Waals surface area (Å²) in [6, 6.07) is 2.09. The summed E-state index contributed by atoms with van der Waals surface area (Å²) in [6.07, 6.45) is 3.85. The second kappa shape index (κ2) is 5.49. The van der Waals surface area contributed by atoms with Crippen molar-refractivity contribution < 1.29 is 9.52 Å². The van der Waals surface area contributed by atoms with Crippen molar-refractivity contribution in [2.24, 2.45) is 0 Å². The molecule has 0 bridgehead atoms. The van der Waals surface area contributed by atoms with Gasteiger partial charge in [0.25, 0.3) is 0 Å². The maximum atomic E-state index is 10.1. The highest BCUT2D eigenvalue weighted by Crippen LogP contribution is 2.33. The van der Waals surface area contributed by atoms with Gasteiger partial charge in [-0.25, -0.2) is 0 Å². The minimum absolute atomic E-state index is 0.120.